The number of likely N-dealkylation sites (tertiary alicyclic amines) is 1. The Morgan fingerprint density at radius 3 is 2.55 bits per heavy atom. The van der Waals surface area contributed by atoms with E-state index in [1.807, 2.05) is 94.3 Å². The summed E-state index contributed by atoms with van der Waals surface area (Å²) in [5.74, 6) is 0.456. The van der Waals surface area contributed by atoms with Gasteiger partial charge in [0.1, 0.15) is 16.1 Å². The molecule has 9 nitrogen and oxygen atoms in total. The lowest BCUT2D eigenvalue weighted by atomic mass is 9.92. The van der Waals surface area contributed by atoms with E-state index in [4.69, 9.17) is 9.15 Å². The molecule has 4 aromatic rings. The largest absolute Gasteiger partial charge is 0.444 e. The molecule has 1 fully saturated rings. The maximum atomic E-state index is 13.8. The Bertz CT molecular complexity index is 1570. The summed E-state index contributed by atoms with van der Waals surface area (Å²) in [5.41, 5.74) is 2.33. The third kappa shape index (κ3) is 6.70. The van der Waals surface area contributed by atoms with Gasteiger partial charge >= 0.3 is 6.09 Å². The van der Waals surface area contributed by atoms with Gasteiger partial charge in [-0.1, -0.05) is 30.3 Å². The predicted octanol–water partition coefficient (Wildman–Crippen LogP) is 6.77. The number of alkyl carbamates (subject to hydrolysis) is 1. The molecule has 1 unspecified atom stereocenters. The summed E-state index contributed by atoms with van der Waals surface area (Å²) >= 11 is 1.60. The zero-order valence-electron chi connectivity index (χ0n) is 24.9. The van der Waals surface area contributed by atoms with Crippen LogP contribution in [0.15, 0.2) is 58.3 Å². The van der Waals surface area contributed by atoms with Crippen LogP contribution in [0.3, 0.4) is 0 Å². The van der Waals surface area contributed by atoms with Crippen LogP contribution in [0.4, 0.5) is 4.79 Å². The van der Waals surface area contributed by atoms with Crippen molar-refractivity contribution in [3.8, 4) is 11.5 Å². The van der Waals surface area contributed by atoms with Crippen molar-refractivity contribution >= 4 is 23.3 Å². The van der Waals surface area contributed by atoms with E-state index in [9.17, 15) is 9.59 Å². The molecule has 2 aromatic carbocycles. The van der Waals surface area contributed by atoms with Crippen LogP contribution in [-0.2, 0) is 16.7 Å². The summed E-state index contributed by atoms with van der Waals surface area (Å²) in [6.07, 6.45) is 1.65. The van der Waals surface area contributed by atoms with Crippen LogP contribution >= 0.6 is 11.3 Å². The van der Waals surface area contributed by atoms with Gasteiger partial charge in [0.15, 0.2) is 0 Å². The number of hydrogen-bond donors (Lipinski definition) is 1. The predicted molar refractivity (Wildman–Crippen MR) is 161 cm³/mol. The Labute approximate surface area is 250 Å². The smallest absolute Gasteiger partial charge is 0.408 e. The quantitative estimate of drug-likeness (QED) is 0.254. The first-order valence-corrected chi connectivity index (χ1v) is 15.0. The van der Waals surface area contributed by atoms with Gasteiger partial charge in [-0.2, -0.15) is 0 Å². The van der Waals surface area contributed by atoms with Crippen LogP contribution in [0.25, 0.3) is 11.5 Å². The van der Waals surface area contributed by atoms with Crippen LogP contribution in [0.1, 0.15) is 84.7 Å². The second-order valence-electron chi connectivity index (χ2n) is 12.1. The molecular weight excluding hydrogens is 550 g/mol. The van der Waals surface area contributed by atoms with Gasteiger partial charge in [0.05, 0.1) is 6.04 Å². The van der Waals surface area contributed by atoms with E-state index in [-0.39, 0.29) is 23.7 Å². The lowest BCUT2D eigenvalue weighted by molar-refractivity contribution is 0.0443. The highest BCUT2D eigenvalue weighted by Gasteiger charge is 2.37. The molecule has 0 radical (unpaired) electrons. The first-order valence-electron chi connectivity index (χ1n) is 14.1. The second-order valence-corrected chi connectivity index (χ2v) is 13.0. The third-order valence-electron chi connectivity index (χ3n) is 7.08. The number of ether oxygens (including phenoxy) is 1. The molecule has 2 aromatic heterocycles. The molecule has 0 spiro atoms. The highest BCUT2D eigenvalue weighted by Crippen LogP contribution is 2.36. The number of hydrogen-bond acceptors (Lipinski definition) is 8. The molecule has 1 saturated heterocycles. The first-order chi connectivity index (χ1) is 19.9. The molecule has 1 aliphatic heterocycles. The van der Waals surface area contributed by atoms with E-state index in [2.05, 4.69) is 20.5 Å². The standard InChI is InChI=1S/C32H37N5O4S/c1-20-15-23(17-24(16-20)28(38)37-14-10-13-25(37)27-33-21(2)19-42-27)26-35-36-29(40-26)32(6,18-22-11-8-7-9-12-22)34-30(39)41-31(3,4)5/h7-9,11-12,15-17,19,25H,10,13-14,18H2,1-6H3,(H,34,39)/t25-,32?/m1/s1. The molecule has 1 N–H and O–H groups in total. The Morgan fingerprint density at radius 1 is 1.10 bits per heavy atom. The van der Waals surface area contributed by atoms with Gasteiger partial charge in [0.25, 0.3) is 5.91 Å². The molecule has 2 amide bonds. The molecule has 5 rings (SSSR count). The van der Waals surface area contributed by atoms with E-state index in [1.54, 1.807) is 17.4 Å². The fourth-order valence-electron chi connectivity index (χ4n) is 5.26. The number of carbonyl (C=O) groups is 2. The van der Waals surface area contributed by atoms with Gasteiger partial charge < -0.3 is 19.4 Å². The lowest BCUT2D eigenvalue weighted by Gasteiger charge is -2.29. The summed E-state index contributed by atoms with van der Waals surface area (Å²) in [4.78, 5) is 33.2. The molecule has 220 valence electrons. The summed E-state index contributed by atoms with van der Waals surface area (Å²) in [6, 6.07) is 15.3. The van der Waals surface area contributed by atoms with Crippen molar-refractivity contribution in [3.63, 3.8) is 0 Å². The van der Waals surface area contributed by atoms with Crippen LogP contribution in [0.5, 0.6) is 0 Å². The fraction of sp³-hybridized carbons (Fsp3) is 0.406. The van der Waals surface area contributed by atoms with E-state index < -0.39 is 17.2 Å². The van der Waals surface area contributed by atoms with Crippen LogP contribution < -0.4 is 5.32 Å². The summed E-state index contributed by atoms with van der Waals surface area (Å²) in [7, 11) is 0. The average molecular weight is 588 g/mol. The number of rotatable bonds is 7. The van der Waals surface area contributed by atoms with Crippen molar-refractivity contribution in [2.24, 2.45) is 0 Å². The zero-order chi connectivity index (χ0) is 30.1. The zero-order valence-corrected chi connectivity index (χ0v) is 25.7. The Hall–Kier alpha value is -4.05. The maximum Gasteiger partial charge on any atom is 0.408 e. The van der Waals surface area contributed by atoms with Gasteiger partial charge in [-0.3, -0.25) is 4.79 Å². The molecule has 0 bridgehead atoms. The van der Waals surface area contributed by atoms with E-state index >= 15 is 0 Å². The number of thiazole rings is 1. The van der Waals surface area contributed by atoms with Gasteiger partial charge in [-0.25, -0.2) is 9.78 Å². The van der Waals surface area contributed by atoms with Crippen LogP contribution in [0.2, 0.25) is 0 Å². The fourth-order valence-corrected chi connectivity index (χ4v) is 6.20. The van der Waals surface area contributed by atoms with E-state index in [0.717, 1.165) is 34.7 Å². The van der Waals surface area contributed by atoms with Gasteiger partial charge in [0, 0.05) is 35.2 Å². The number of aryl methyl sites for hydroxylation is 2. The van der Waals surface area contributed by atoms with E-state index in [1.165, 1.54) is 0 Å². The topological polar surface area (TPSA) is 110 Å². The number of nitrogens with one attached hydrogen (secondary N) is 1. The normalized spacial score (nSPS) is 16.7. The first kappa shape index (κ1) is 29.4. The third-order valence-corrected chi connectivity index (χ3v) is 8.14. The SMILES string of the molecule is Cc1cc(C(=O)N2CCC[C@@H]2c2nc(C)cs2)cc(-c2nnc(C(C)(Cc3ccccc3)NC(=O)OC(C)(C)C)o2)c1. The van der Waals surface area contributed by atoms with Crippen molar-refractivity contribution in [1.29, 1.82) is 0 Å². The van der Waals surface area contributed by atoms with Gasteiger partial charge in [-0.15, -0.1) is 21.5 Å². The molecule has 42 heavy (non-hydrogen) atoms. The van der Waals surface area contributed by atoms with Gasteiger partial charge in [-0.05, 0) is 83.7 Å². The molecule has 10 heteroatoms. The highest BCUT2D eigenvalue weighted by atomic mass is 32.1. The summed E-state index contributed by atoms with van der Waals surface area (Å²) < 4.78 is 11.8. The molecule has 3 heterocycles. The number of benzene rings is 2. The number of amides is 2. The van der Waals surface area contributed by atoms with Crippen molar-refractivity contribution in [3.05, 3.63) is 87.2 Å². The minimum atomic E-state index is -1.05. The molecule has 2 atom stereocenters. The number of aromatic nitrogens is 3. The Balaban J connectivity index is 1.44. The monoisotopic (exact) mass is 587 g/mol. The number of nitrogens with zero attached hydrogens (tertiary/aromatic N) is 4. The van der Waals surface area contributed by atoms with Crippen molar-refractivity contribution in [2.45, 2.75) is 78.0 Å². The minimum Gasteiger partial charge on any atom is -0.444 e. The summed E-state index contributed by atoms with van der Waals surface area (Å²) in [5, 5.41) is 14.7. The van der Waals surface area contributed by atoms with Crippen LogP contribution in [-0.4, -0.2) is 44.2 Å². The Kier molecular flexibility index (Phi) is 8.19. The molecule has 1 aliphatic rings. The van der Waals surface area contributed by atoms with Crippen molar-refractivity contribution in [2.75, 3.05) is 6.54 Å². The van der Waals surface area contributed by atoms with E-state index in [0.29, 0.717) is 24.1 Å². The molecule has 0 saturated carbocycles. The second kappa shape index (κ2) is 11.7. The number of carbonyl (C=O) groups excluding carboxylic acids is 2. The average Bonchev–Trinajstić information content (AvgIpc) is 3.68. The summed E-state index contributed by atoms with van der Waals surface area (Å²) in [6.45, 7) is 11.9. The van der Waals surface area contributed by atoms with Crippen molar-refractivity contribution in [1.82, 2.24) is 25.4 Å². The molecule has 0 aliphatic carbocycles. The Morgan fingerprint density at radius 2 is 1.86 bits per heavy atom. The maximum absolute atomic E-state index is 13.8. The highest BCUT2D eigenvalue weighted by molar-refractivity contribution is 7.09. The lowest BCUT2D eigenvalue weighted by Crippen LogP contribution is -2.47. The van der Waals surface area contributed by atoms with Gasteiger partial charge in [0.2, 0.25) is 11.8 Å². The van der Waals surface area contributed by atoms with Crippen LogP contribution in [0, 0.1) is 13.8 Å². The van der Waals surface area contributed by atoms with Crippen molar-refractivity contribution < 1.29 is 18.7 Å². The molecular formula is C32H37N5O4S. The minimum absolute atomic E-state index is 0.0206.